The first-order valence-corrected chi connectivity index (χ1v) is 14.6. The van der Waals surface area contributed by atoms with Gasteiger partial charge in [-0.2, -0.15) is 15.0 Å². The average molecular weight is 634 g/mol. The highest BCUT2D eigenvalue weighted by atomic mass is 35.5. The number of methoxy groups -OCH3 is 1. The van der Waals surface area contributed by atoms with Crippen LogP contribution < -0.4 is 9.64 Å². The van der Waals surface area contributed by atoms with Crippen LogP contribution in [-0.4, -0.2) is 82.4 Å². The van der Waals surface area contributed by atoms with Gasteiger partial charge in [-0.25, -0.2) is 8.78 Å². The van der Waals surface area contributed by atoms with Crippen molar-refractivity contribution in [3.63, 3.8) is 0 Å². The van der Waals surface area contributed by atoms with Gasteiger partial charge in [-0.05, 0) is 17.9 Å². The van der Waals surface area contributed by atoms with Crippen LogP contribution in [0.15, 0.2) is 47.1 Å². The Kier molecular flexibility index (Phi) is 7.50. The molecule has 7 rings (SSSR count). The summed E-state index contributed by atoms with van der Waals surface area (Å²) in [5.74, 6) is -0.213. The largest absolute Gasteiger partial charge is 0.467 e. The third-order valence-electron chi connectivity index (χ3n) is 8.20. The number of likely N-dealkylation sites (tertiary alicyclic amines) is 1. The summed E-state index contributed by atoms with van der Waals surface area (Å²) in [7, 11) is 3.21. The van der Waals surface area contributed by atoms with Gasteiger partial charge in [-0.15, -0.1) is 0 Å². The number of fused-ring (bicyclic) bond motifs is 2. The van der Waals surface area contributed by atoms with E-state index in [1.165, 1.54) is 31.5 Å². The summed E-state index contributed by atoms with van der Waals surface area (Å²) in [5, 5.41) is 5.17. The van der Waals surface area contributed by atoms with Crippen molar-refractivity contribution < 1.29 is 27.6 Å². The van der Waals surface area contributed by atoms with Crippen molar-refractivity contribution in [2.24, 2.45) is 0 Å². The monoisotopic (exact) mass is 633 g/mol. The van der Waals surface area contributed by atoms with E-state index in [4.69, 9.17) is 25.6 Å². The van der Waals surface area contributed by atoms with E-state index < -0.39 is 11.6 Å². The minimum atomic E-state index is -0.724. The Labute approximate surface area is 260 Å². The van der Waals surface area contributed by atoms with Crippen molar-refractivity contribution in [2.75, 3.05) is 45.4 Å². The van der Waals surface area contributed by atoms with Crippen LogP contribution in [0.3, 0.4) is 0 Å². The number of aromatic nitrogens is 5. The molecule has 1 unspecified atom stereocenters. The Bertz CT molecular complexity index is 1980. The van der Waals surface area contributed by atoms with Gasteiger partial charge in [-0.3, -0.25) is 9.78 Å². The van der Waals surface area contributed by atoms with Gasteiger partial charge in [0.1, 0.15) is 22.8 Å². The van der Waals surface area contributed by atoms with Gasteiger partial charge in [0, 0.05) is 55.5 Å². The van der Waals surface area contributed by atoms with Crippen LogP contribution in [0.1, 0.15) is 24.1 Å². The molecule has 0 aliphatic carbocycles. The number of rotatable bonds is 7. The Morgan fingerprint density at radius 1 is 1.18 bits per heavy atom. The third kappa shape index (κ3) is 5.21. The number of ether oxygens (including phenoxy) is 2. The minimum Gasteiger partial charge on any atom is -0.467 e. The highest BCUT2D eigenvalue weighted by molar-refractivity contribution is 6.36. The lowest BCUT2D eigenvalue weighted by atomic mass is 10.0. The molecule has 0 spiro atoms. The normalized spacial score (nSPS) is 17.0. The number of anilines is 1. The van der Waals surface area contributed by atoms with Crippen molar-refractivity contribution in [3.05, 3.63) is 71.0 Å². The summed E-state index contributed by atoms with van der Waals surface area (Å²) in [6.07, 6.45) is 5.04. The number of likely N-dealkylation sites (N-methyl/N-ethyl adjacent to an activating group) is 1. The van der Waals surface area contributed by atoms with Crippen LogP contribution in [0.4, 0.5) is 14.6 Å². The van der Waals surface area contributed by atoms with Gasteiger partial charge < -0.3 is 23.8 Å². The number of halogens is 3. The third-order valence-corrected chi connectivity index (χ3v) is 8.57. The van der Waals surface area contributed by atoms with E-state index in [0.717, 1.165) is 0 Å². The van der Waals surface area contributed by atoms with Gasteiger partial charge >= 0.3 is 6.01 Å². The first kappa shape index (κ1) is 29.0. The number of hydrogen-bond acceptors (Lipinski definition) is 10. The van der Waals surface area contributed by atoms with E-state index in [0.29, 0.717) is 66.1 Å². The standard InChI is InChI=1S/C31H26ClF2N7O4/c1-40(18-10-11-41(13-18)23(42)9-8-22-36-29(39-45-22)17-14-44-15-17)30-20-12-35-27(26(34)28(20)37-31(38-30)43-2)19-5-3-4-16-6-7-21(33)25(32)24(16)19/h3-9,12,17-18H,10-11,13-15H2,1-2H3/b9-8+. The molecule has 2 fully saturated rings. The summed E-state index contributed by atoms with van der Waals surface area (Å²) in [5.41, 5.74) is 0.281. The molecule has 5 heterocycles. The molecule has 2 saturated heterocycles. The van der Waals surface area contributed by atoms with Gasteiger partial charge in [0.05, 0.1) is 36.7 Å². The molecule has 0 radical (unpaired) electrons. The molecule has 2 aliphatic heterocycles. The fourth-order valence-electron chi connectivity index (χ4n) is 5.62. The lowest BCUT2D eigenvalue weighted by Crippen LogP contribution is -2.36. The fraction of sp³-hybridized carbons (Fsp3) is 0.290. The van der Waals surface area contributed by atoms with Crippen LogP contribution in [0.2, 0.25) is 5.02 Å². The molecule has 2 aromatic carbocycles. The summed E-state index contributed by atoms with van der Waals surface area (Å²) >= 11 is 6.32. The number of benzene rings is 2. The summed E-state index contributed by atoms with van der Waals surface area (Å²) in [4.78, 5) is 34.1. The molecule has 0 bridgehead atoms. The lowest BCUT2D eigenvalue weighted by Gasteiger charge is -2.27. The van der Waals surface area contributed by atoms with Gasteiger partial charge in [0.15, 0.2) is 11.6 Å². The second kappa shape index (κ2) is 11.6. The fourth-order valence-corrected chi connectivity index (χ4v) is 5.90. The lowest BCUT2D eigenvalue weighted by molar-refractivity contribution is -0.124. The molecule has 2 aliphatic rings. The van der Waals surface area contributed by atoms with Crippen LogP contribution in [0.25, 0.3) is 39.0 Å². The van der Waals surface area contributed by atoms with Crippen LogP contribution in [0, 0.1) is 11.6 Å². The second-order valence-electron chi connectivity index (χ2n) is 10.9. The molecule has 11 nitrogen and oxygen atoms in total. The zero-order valence-corrected chi connectivity index (χ0v) is 25.0. The van der Waals surface area contributed by atoms with Gasteiger partial charge in [0.25, 0.3) is 5.89 Å². The van der Waals surface area contributed by atoms with Crippen molar-refractivity contribution in [1.82, 2.24) is 30.0 Å². The van der Waals surface area contributed by atoms with Gasteiger partial charge in [0.2, 0.25) is 5.91 Å². The zero-order valence-electron chi connectivity index (χ0n) is 24.2. The van der Waals surface area contributed by atoms with E-state index in [1.807, 2.05) is 11.9 Å². The maximum atomic E-state index is 16.3. The molecule has 230 valence electrons. The first-order valence-electron chi connectivity index (χ1n) is 14.2. The average Bonchev–Trinajstić information content (AvgIpc) is 3.71. The number of hydrogen-bond donors (Lipinski definition) is 0. The molecule has 0 N–H and O–H groups in total. The Balaban J connectivity index is 1.16. The number of nitrogens with zero attached hydrogens (tertiary/aromatic N) is 7. The number of carbonyl (C=O) groups is 1. The van der Waals surface area contributed by atoms with E-state index in [1.54, 1.807) is 29.2 Å². The number of pyridine rings is 1. The smallest absolute Gasteiger partial charge is 0.318 e. The molecule has 3 aromatic heterocycles. The highest BCUT2D eigenvalue weighted by Crippen LogP contribution is 2.38. The predicted molar refractivity (Wildman–Crippen MR) is 162 cm³/mol. The Morgan fingerprint density at radius 3 is 2.80 bits per heavy atom. The minimum absolute atomic E-state index is 0.0144. The van der Waals surface area contributed by atoms with Crippen LogP contribution in [0.5, 0.6) is 6.01 Å². The Morgan fingerprint density at radius 2 is 2.02 bits per heavy atom. The van der Waals surface area contributed by atoms with Crippen LogP contribution >= 0.6 is 11.6 Å². The molecule has 45 heavy (non-hydrogen) atoms. The van der Waals surface area contributed by atoms with Crippen molar-refractivity contribution in [3.8, 4) is 17.3 Å². The molecular weight excluding hydrogens is 608 g/mol. The number of carbonyl (C=O) groups excluding carboxylic acids is 1. The quantitative estimate of drug-likeness (QED) is 0.226. The molecular formula is C31H26ClF2N7O4. The summed E-state index contributed by atoms with van der Waals surface area (Å²) in [6.45, 7) is 2.02. The molecule has 1 amide bonds. The second-order valence-corrected chi connectivity index (χ2v) is 11.3. The predicted octanol–water partition coefficient (Wildman–Crippen LogP) is 5.03. The molecule has 1 atom stereocenters. The maximum absolute atomic E-state index is 16.3. The van der Waals surface area contributed by atoms with E-state index in [2.05, 4.69) is 25.1 Å². The van der Waals surface area contributed by atoms with E-state index >= 15 is 4.39 Å². The SMILES string of the molecule is COc1nc(N(C)C2CCN(C(=O)/C=C/c3nc(C4COC4)no3)C2)c2cnc(-c3cccc4ccc(F)c(Cl)c34)c(F)c2n1. The summed E-state index contributed by atoms with van der Waals surface area (Å²) < 4.78 is 46.4. The topological polar surface area (TPSA) is 120 Å². The Hall–Kier alpha value is -4.75. The van der Waals surface area contributed by atoms with Crippen molar-refractivity contribution in [2.45, 2.75) is 18.4 Å². The first-order chi connectivity index (χ1) is 21.8. The zero-order chi connectivity index (χ0) is 31.2. The highest BCUT2D eigenvalue weighted by Gasteiger charge is 2.31. The number of amides is 1. The van der Waals surface area contributed by atoms with E-state index in [9.17, 15) is 9.18 Å². The molecule has 0 saturated carbocycles. The van der Waals surface area contributed by atoms with Gasteiger partial charge in [-0.1, -0.05) is 41.0 Å². The van der Waals surface area contributed by atoms with E-state index in [-0.39, 0.29) is 46.0 Å². The van der Waals surface area contributed by atoms with Crippen LogP contribution in [-0.2, 0) is 9.53 Å². The molecule has 5 aromatic rings. The molecule has 14 heteroatoms. The summed E-state index contributed by atoms with van der Waals surface area (Å²) in [6, 6.07) is 7.79. The maximum Gasteiger partial charge on any atom is 0.318 e. The van der Waals surface area contributed by atoms with Crippen molar-refractivity contribution in [1.29, 1.82) is 0 Å². The van der Waals surface area contributed by atoms with Crippen molar-refractivity contribution >= 4 is 51.1 Å².